The molecule has 0 bridgehead atoms. The fourth-order valence-electron chi connectivity index (χ4n) is 2.97. The second kappa shape index (κ2) is 11.3. The Hall–Kier alpha value is -1.50. The fourth-order valence-corrected chi connectivity index (χ4v) is 2.97. The number of piperidine rings is 1. The number of guanidine groups is 1. The second-order valence-corrected chi connectivity index (χ2v) is 8.17. The molecular formula is C19H39N5O2. The Morgan fingerprint density at radius 3 is 2.58 bits per heavy atom. The number of aliphatic imine (C=N–C) groups is 1. The zero-order chi connectivity index (χ0) is 19.6. The molecule has 7 heteroatoms. The topological polar surface area (TPSA) is 78.0 Å². The van der Waals surface area contributed by atoms with Gasteiger partial charge in [-0.1, -0.05) is 6.92 Å². The summed E-state index contributed by atoms with van der Waals surface area (Å²) in [6, 6.07) is 0.438. The molecule has 1 heterocycles. The number of nitrogens with zero attached hydrogens (tertiary/aromatic N) is 2. The SMILES string of the molecule is CCNC(=NCC(C)N1CCCC(C)C1)NCCNC(=O)OC(C)(C)C. The number of alkyl carbamates (subject to hydrolysis) is 1. The van der Waals surface area contributed by atoms with Gasteiger partial charge in [-0.25, -0.2) is 4.79 Å². The average Bonchev–Trinajstić information content (AvgIpc) is 2.54. The minimum absolute atomic E-state index is 0.394. The summed E-state index contributed by atoms with van der Waals surface area (Å²) in [4.78, 5) is 18.9. The van der Waals surface area contributed by atoms with Crippen molar-refractivity contribution in [3.8, 4) is 0 Å². The molecule has 7 nitrogen and oxygen atoms in total. The van der Waals surface area contributed by atoms with Gasteiger partial charge < -0.3 is 20.7 Å². The highest BCUT2D eigenvalue weighted by atomic mass is 16.6. The monoisotopic (exact) mass is 369 g/mol. The lowest BCUT2D eigenvalue weighted by Gasteiger charge is -2.35. The maximum absolute atomic E-state index is 11.6. The number of amides is 1. The van der Waals surface area contributed by atoms with Gasteiger partial charge in [0.15, 0.2) is 5.96 Å². The lowest BCUT2D eigenvalue weighted by Crippen LogP contribution is -2.44. The van der Waals surface area contributed by atoms with E-state index in [2.05, 4.69) is 34.7 Å². The quantitative estimate of drug-likeness (QED) is 0.364. The molecule has 1 rings (SSSR count). The first-order chi connectivity index (χ1) is 12.2. The predicted molar refractivity (Wildman–Crippen MR) is 108 cm³/mol. The van der Waals surface area contributed by atoms with Gasteiger partial charge in [-0.2, -0.15) is 0 Å². The molecule has 2 atom stereocenters. The molecule has 0 aromatic rings. The molecule has 0 radical (unpaired) electrons. The van der Waals surface area contributed by atoms with E-state index in [1.807, 2.05) is 27.7 Å². The maximum Gasteiger partial charge on any atom is 0.407 e. The van der Waals surface area contributed by atoms with E-state index in [1.165, 1.54) is 25.9 Å². The molecule has 152 valence electrons. The summed E-state index contributed by atoms with van der Waals surface area (Å²) < 4.78 is 5.22. The highest BCUT2D eigenvalue weighted by molar-refractivity contribution is 5.79. The minimum Gasteiger partial charge on any atom is -0.444 e. The van der Waals surface area contributed by atoms with Crippen molar-refractivity contribution in [1.29, 1.82) is 0 Å². The third-order valence-corrected chi connectivity index (χ3v) is 4.26. The van der Waals surface area contributed by atoms with Gasteiger partial charge in [0, 0.05) is 32.2 Å². The van der Waals surface area contributed by atoms with E-state index >= 15 is 0 Å². The molecule has 3 N–H and O–H groups in total. The van der Waals surface area contributed by atoms with Crippen LogP contribution in [0.1, 0.15) is 54.4 Å². The van der Waals surface area contributed by atoms with Gasteiger partial charge in [-0.05, 0) is 59.9 Å². The average molecular weight is 370 g/mol. The van der Waals surface area contributed by atoms with Crippen LogP contribution in [0.25, 0.3) is 0 Å². The summed E-state index contributed by atoms with van der Waals surface area (Å²) in [5.74, 6) is 1.57. The van der Waals surface area contributed by atoms with Crippen molar-refractivity contribution in [2.45, 2.75) is 66.0 Å². The summed E-state index contributed by atoms with van der Waals surface area (Å²) in [7, 11) is 0. The van der Waals surface area contributed by atoms with Gasteiger partial charge in [0.1, 0.15) is 5.60 Å². The van der Waals surface area contributed by atoms with Crippen LogP contribution in [0.5, 0.6) is 0 Å². The van der Waals surface area contributed by atoms with Crippen molar-refractivity contribution in [3.05, 3.63) is 0 Å². The predicted octanol–water partition coefficient (Wildman–Crippen LogP) is 2.19. The number of hydrogen-bond acceptors (Lipinski definition) is 4. The molecule has 0 aromatic heterocycles. The smallest absolute Gasteiger partial charge is 0.407 e. The van der Waals surface area contributed by atoms with Crippen LogP contribution in [0.15, 0.2) is 4.99 Å². The summed E-state index contributed by atoms with van der Waals surface area (Å²) in [5.41, 5.74) is -0.476. The lowest BCUT2D eigenvalue weighted by atomic mass is 9.99. The van der Waals surface area contributed by atoms with Crippen LogP contribution in [0.3, 0.4) is 0 Å². The molecule has 1 aliphatic rings. The molecule has 26 heavy (non-hydrogen) atoms. The number of likely N-dealkylation sites (tertiary alicyclic amines) is 1. The Bertz CT molecular complexity index is 448. The molecule has 0 aliphatic carbocycles. The van der Waals surface area contributed by atoms with Crippen molar-refractivity contribution in [1.82, 2.24) is 20.9 Å². The third kappa shape index (κ3) is 9.85. The first-order valence-electron chi connectivity index (χ1n) is 9.94. The van der Waals surface area contributed by atoms with Gasteiger partial charge in [0.2, 0.25) is 0 Å². The van der Waals surface area contributed by atoms with Gasteiger partial charge >= 0.3 is 6.09 Å². The van der Waals surface area contributed by atoms with Gasteiger partial charge in [0.25, 0.3) is 0 Å². The largest absolute Gasteiger partial charge is 0.444 e. The first-order valence-corrected chi connectivity index (χ1v) is 9.94. The molecule has 0 spiro atoms. The number of carbonyl (C=O) groups is 1. The van der Waals surface area contributed by atoms with Gasteiger partial charge in [-0.15, -0.1) is 0 Å². The fraction of sp³-hybridized carbons (Fsp3) is 0.895. The Morgan fingerprint density at radius 2 is 1.96 bits per heavy atom. The van der Waals surface area contributed by atoms with Crippen molar-refractivity contribution < 1.29 is 9.53 Å². The molecule has 0 aromatic carbocycles. The van der Waals surface area contributed by atoms with Crippen molar-refractivity contribution in [2.75, 3.05) is 39.3 Å². The summed E-state index contributed by atoms with van der Waals surface area (Å²) in [6.45, 7) is 17.2. The van der Waals surface area contributed by atoms with E-state index in [0.717, 1.165) is 25.0 Å². The number of hydrogen-bond donors (Lipinski definition) is 3. The molecule has 1 saturated heterocycles. The van der Waals surface area contributed by atoms with Crippen LogP contribution in [0, 0.1) is 5.92 Å². The van der Waals surface area contributed by atoms with E-state index in [-0.39, 0.29) is 0 Å². The zero-order valence-electron chi connectivity index (χ0n) is 17.5. The Balaban J connectivity index is 2.35. The third-order valence-electron chi connectivity index (χ3n) is 4.26. The van der Waals surface area contributed by atoms with Crippen molar-refractivity contribution in [3.63, 3.8) is 0 Å². The number of nitrogens with one attached hydrogen (secondary N) is 3. The summed E-state index contributed by atoms with van der Waals surface area (Å²) in [6.07, 6.45) is 2.22. The molecule has 1 amide bonds. The van der Waals surface area contributed by atoms with Crippen LogP contribution in [0.2, 0.25) is 0 Å². The first kappa shape index (κ1) is 22.5. The molecule has 2 unspecified atom stereocenters. The number of rotatable bonds is 7. The van der Waals surface area contributed by atoms with Crippen molar-refractivity contribution >= 4 is 12.1 Å². The van der Waals surface area contributed by atoms with E-state index in [9.17, 15) is 4.79 Å². The normalized spacial score (nSPS) is 20.4. The Kier molecular flexibility index (Phi) is 9.76. The lowest BCUT2D eigenvalue weighted by molar-refractivity contribution is 0.0529. The van der Waals surface area contributed by atoms with E-state index in [4.69, 9.17) is 9.73 Å². The van der Waals surface area contributed by atoms with Crippen LogP contribution < -0.4 is 16.0 Å². The zero-order valence-corrected chi connectivity index (χ0v) is 17.5. The van der Waals surface area contributed by atoms with Gasteiger partial charge in [-0.3, -0.25) is 9.89 Å². The number of carbonyl (C=O) groups excluding carboxylic acids is 1. The highest BCUT2D eigenvalue weighted by Crippen LogP contribution is 2.17. The van der Waals surface area contributed by atoms with Crippen LogP contribution in [0.4, 0.5) is 4.79 Å². The summed E-state index contributed by atoms with van der Waals surface area (Å²) in [5, 5.41) is 9.25. The molecule has 1 fully saturated rings. The second-order valence-electron chi connectivity index (χ2n) is 8.17. The van der Waals surface area contributed by atoms with E-state index in [1.54, 1.807) is 0 Å². The highest BCUT2D eigenvalue weighted by Gasteiger charge is 2.20. The van der Waals surface area contributed by atoms with Crippen molar-refractivity contribution in [2.24, 2.45) is 10.9 Å². The molecular weight excluding hydrogens is 330 g/mol. The van der Waals surface area contributed by atoms with Crippen LogP contribution >= 0.6 is 0 Å². The molecule has 0 saturated carbocycles. The summed E-state index contributed by atoms with van der Waals surface area (Å²) >= 11 is 0. The van der Waals surface area contributed by atoms with Crippen LogP contribution in [-0.2, 0) is 4.74 Å². The van der Waals surface area contributed by atoms with E-state index in [0.29, 0.717) is 19.1 Å². The Labute approximate surface area is 159 Å². The maximum atomic E-state index is 11.6. The minimum atomic E-state index is -0.476. The van der Waals surface area contributed by atoms with Gasteiger partial charge in [0.05, 0.1) is 6.54 Å². The van der Waals surface area contributed by atoms with Crippen LogP contribution in [-0.4, -0.2) is 67.9 Å². The number of ether oxygens (including phenoxy) is 1. The van der Waals surface area contributed by atoms with E-state index < -0.39 is 11.7 Å². The standard InChI is InChI=1S/C19H39N5O2/c1-7-20-17(21-10-11-22-18(25)26-19(4,5)6)23-13-16(3)24-12-8-9-15(2)14-24/h15-16H,7-14H2,1-6H3,(H,22,25)(H2,20,21,23). The Morgan fingerprint density at radius 1 is 1.27 bits per heavy atom. The molecule has 1 aliphatic heterocycles.